The molecular weight excluding hydrogens is 196 g/mol. The monoisotopic (exact) mass is 210 g/mol. The lowest BCUT2D eigenvalue weighted by Crippen LogP contribution is -2.27. The fourth-order valence-corrected chi connectivity index (χ4v) is 1.76. The topological polar surface area (TPSA) is 69.9 Å². The Morgan fingerprint density at radius 2 is 2.47 bits per heavy atom. The minimum absolute atomic E-state index is 0.0491. The van der Waals surface area contributed by atoms with Gasteiger partial charge in [-0.2, -0.15) is 4.80 Å². The quantitative estimate of drug-likeness (QED) is 0.687. The van der Waals surface area contributed by atoms with E-state index in [4.69, 9.17) is 4.74 Å². The molecule has 0 aromatic carbocycles. The molecule has 0 saturated carbocycles. The summed E-state index contributed by atoms with van der Waals surface area (Å²) in [5.74, 6) is 0.812. The number of aromatic nitrogens is 4. The first-order valence-electron chi connectivity index (χ1n) is 5.04. The first-order chi connectivity index (χ1) is 7.16. The zero-order chi connectivity index (χ0) is 10.8. The first-order valence-corrected chi connectivity index (χ1v) is 5.04. The van der Waals surface area contributed by atoms with Gasteiger partial charge in [0.15, 0.2) is 11.6 Å². The van der Waals surface area contributed by atoms with Crippen molar-refractivity contribution >= 4 is 5.78 Å². The second-order valence-electron chi connectivity index (χ2n) is 3.90. The highest BCUT2D eigenvalue weighted by Crippen LogP contribution is 2.21. The summed E-state index contributed by atoms with van der Waals surface area (Å²) in [6.07, 6.45) is 0.876. The molecule has 15 heavy (non-hydrogen) atoms. The number of hydrogen-bond acceptors (Lipinski definition) is 5. The molecule has 1 aromatic rings. The van der Waals surface area contributed by atoms with Crippen molar-refractivity contribution in [1.82, 2.24) is 20.2 Å². The number of aryl methyl sites for hydroxylation is 1. The number of hydrogen-bond donors (Lipinski definition) is 0. The van der Waals surface area contributed by atoms with Crippen molar-refractivity contribution < 1.29 is 9.53 Å². The van der Waals surface area contributed by atoms with E-state index in [0.29, 0.717) is 18.3 Å². The van der Waals surface area contributed by atoms with E-state index < -0.39 is 0 Å². The molecule has 0 radical (unpaired) electrons. The van der Waals surface area contributed by atoms with Crippen LogP contribution in [0.3, 0.4) is 0 Å². The molecule has 2 heterocycles. The van der Waals surface area contributed by atoms with E-state index in [1.807, 2.05) is 6.92 Å². The van der Waals surface area contributed by atoms with Crippen molar-refractivity contribution in [2.75, 3.05) is 6.61 Å². The van der Waals surface area contributed by atoms with Crippen LogP contribution in [0.25, 0.3) is 0 Å². The maximum atomic E-state index is 11.8. The molecule has 1 fully saturated rings. The van der Waals surface area contributed by atoms with Gasteiger partial charge in [-0.05, 0) is 17.6 Å². The van der Waals surface area contributed by atoms with Crippen LogP contribution in [0.5, 0.6) is 0 Å². The van der Waals surface area contributed by atoms with Crippen LogP contribution in [0.1, 0.15) is 19.2 Å². The molecule has 0 amide bonds. The van der Waals surface area contributed by atoms with Crippen LogP contribution in [-0.2, 0) is 23.0 Å². The van der Waals surface area contributed by atoms with Crippen molar-refractivity contribution in [2.45, 2.75) is 25.9 Å². The second-order valence-corrected chi connectivity index (χ2v) is 3.90. The van der Waals surface area contributed by atoms with Crippen LogP contribution in [0.2, 0.25) is 0 Å². The maximum Gasteiger partial charge on any atom is 0.182 e. The lowest BCUT2D eigenvalue weighted by molar-refractivity contribution is -0.128. The van der Waals surface area contributed by atoms with Gasteiger partial charge in [0.05, 0.1) is 13.5 Å². The van der Waals surface area contributed by atoms with Crippen LogP contribution in [0, 0.1) is 5.92 Å². The third-order valence-corrected chi connectivity index (χ3v) is 2.59. The Morgan fingerprint density at radius 1 is 1.67 bits per heavy atom. The average Bonchev–Trinajstić information content (AvgIpc) is 2.75. The summed E-state index contributed by atoms with van der Waals surface area (Å²) in [5.41, 5.74) is 0. The molecule has 0 N–H and O–H groups in total. The fourth-order valence-electron chi connectivity index (χ4n) is 1.76. The summed E-state index contributed by atoms with van der Waals surface area (Å²) >= 11 is 0. The number of nitrogens with zero attached hydrogens (tertiary/aromatic N) is 4. The number of ether oxygens (including phenoxy) is 1. The standard InChI is InChI=1S/C9H14N4O2/c1-6-3-4-15-9(6)7(14)5-8-10-12-13(2)11-8/h6,9H,3-5H2,1-2H3. The van der Waals surface area contributed by atoms with Crippen molar-refractivity contribution in [2.24, 2.45) is 13.0 Å². The van der Waals surface area contributed by atoms with E-state index in [-0.39, 0.29) is 18.3 Å². The molecule has 6 nitrogen and oxygen atoms in total. The smallest absolute Gasteiger partial charge is 0.182 e. The van der Waals surface area contributed by atoms with Crippen LogP contribution in [0.4, 0.5) is 0 Å². The van der Waals surface area contributed by atoms with E-state index in [2.05, 4.69) is 15.4 Å². The molecule has 0 bridgehead atoms. The zero-order valence-corrected chi connectivity index (χ0v) is 8.88. The molecule has 82 valence electrons. The Morgan fingerprint density at radius 3 is 3.00 bits per heavy atom. The number of carbonyl (C=O) groups excluding carboxylic acids is 1. The van der Waals surface area contributed by atoms with Crippen LogP contribution >= 0.6 is 0 Å². The Hall–Kier alpha value is -1.30. The molecule has 0 aliphatic carbocycles. The van der Waals surface area contributed by atoms with Crippen LogP contribution in [0.15, 0.2) is 0 Å². The predicted octanol–water partition coefficient (Wildman–Crippen LogP) is -0.253. The Labute approximate surface area is 87.6 Å². The molecule has 0 spiro atoms. The van der Waals surface area contributed by atoms with Crippen molar-refractivity contribution in [1.29, 1.82) is 0 Å². The Balaban J connectivity index is 1.97. The second kappa shape index (κ2) is 4.06. The molecule has 1 aliphatic rings. The molecule has 1 aliphatic heterocycles. The highest BCUT2D eigenvalue weighted by molar-refractivity contribution is 5.85. The third-order valence-electron chi connectivity index (χ3n) is 2.59. The van der Waals surface area contributed by atoms with Gasteiger partial charge in [-0.15, -0.1) is 10.2 Å². The number of Topliss-reactive ketones (excluding diaryl/α,β-unsaturated/α-hetero) is 1. The van der Waals surface area contributed by atoms with E-state index >= 15 is 0 Å². The summed E-state index contributed by atoms with van der Waals surface area (Å²) in [7, 11) is 1.68. The maximum absolute atomic E-state index is 11.8. The van der Waals surface area contributed by atoms with E-state index in [0.717, 1.165) is 6.42 Å². The zero-order valence-electron chi connectivity index (χ0n) is 8.88. The molecule has 1 saturated heterocycles. The Bertz CT molecular complexity index is 363. The normalized spacial score (nSPS) is 25.7. The highest BCUT2D eigenvalue weighted by Gasteiger charge is 2.31. The van der Waals surface area contributed by atoms with Gasteiger partial charge in [-0.1, -0.05) is 6.92 Å². The molecule has 2 atom stereocenters. The number of carbonyl (C=O) groups is 1. The minimum Gasteiger partial charge on any atom is -0.370 e. The van der Waals surface area contributed by atoms with Gasteiger partial charge in [-0.25, -0.2) is 0 Å². The predicted molar refractivity (Wildman–Crippen MR) is 51.0 cm³/mol. The lowest BCUT2D eigenvalue weighted by Gasteiger charge is -2.11. The van der Waals surface area contributed by atoms with E-state index in [1.165, 1.54) is 4.80 Å². The highest BCUT2D eigenvalue weighted by atomic mass is 16.5. The summed E-state index contributed by atoms with van der Waals surface area (Å²) in [5, 5.41) is 11.4. The summed E-state index contributed by atoms with van der Waals surface area (Å²) < 4.78 is 5.37. The Kier molecular flexibility index (Phi) is 2.77. The summed E-state index contributed by atoms with van der Waals surface area (Å²) in [4.78, 5) is 13.1. The number of ketones is 1. The van der Waals surface area contributed by atoms with Crippen molar-refractivity contribution in [3.05, 3.63) is 5.82 Å². The van der Waals surface area contributed by atoms with Gasteiger partial charge < -0.3 is 4.74 Å². The molecule has 6 heteroatoms. The summed E-state index contributed by atoms with van der Waals surface area (Å²) in [6, 6.07) is 0. The first kappa shape index (κ1) is 10.2. The molecule has 2 unspecified atom stereocenters. The van der Waals surface area contributed by atoms with E-state index in [9.17, 15) is 4.79 Å². The van der Waals surface area contributed by atoms with Crippen LogP contribution < -0.4 is 0 Å². The largest absolute Gasteiger partial charge is 0.370 e. The van der Waals surface area contributed by atoms with Gasteiger partial charge >= 0.3 is 0 Å². The fraction of sp³-hybridized carbons (Fsp3) is 0.778. The van der Waals surface area contributed by atoms with E-state index in [1.54, 1.807) is 7.05 Å². The molecular formula is C9H14N4O2. The van der Waals surface area contributed by atoms with Gasteiger partial charge in [-0.3, -0.25) is 4.79 Å². The van der Waals surface area contributed by atoms with Gasteiger partial charge in [0.2, 0.25) is 0 Å². The minimum atomic E-state index is -0.284. The number of rotatable bonds is 3. The average molecular weight is 210 g/mol. The number of tetrazole rings is 1. The summed E-state index contributed by atoms with van der Waals surface area (Å²) in [6.45, 7) is 2.70. The molecule has 1 aromatic heterocycles. The van der Waals surface area contributed by atoms with Gasteiger partial charge in [0.25, 0.3) is 0 Å². The molecule has 2 rings (SSSR count). The van der Waals surface area contributed by atoms with Crippen molar-refractivity contribution in [3.8, 4) is 0 Å². The SMILES string of the molecule is CC1CCOC1C(=O)Cc1nnn(C)n1. The lowest BCUT2D eigenvalue weighted by atomic mass is 9.99. The van der Waals surface area contributed by atoms with Crippen LogP contribution in [-0.4, -0.2) is 38.7 Å². The van der Waals surface area contributed by atoms with Gasteiger partial charge in [0.1, 0.15) is 6.10 Å². The van der Waals surface area contributed by atoms with Gasteiger partial charge in [0, 0.05) is 6.61 Å². The third kappa shape index (κ3) is 2.20. The van der Waals surface area contributed by atoms with Crippen molar-refractivity contribution in [3.63, 3.8) is 0 Å².